The third-order valence-corrected chi connectivity index (χ3v) is 4.47. The van der Waals surface area contributed by atoms with Gasteiger partial charge in [-0.1, -0.05) is 36.4 Å². The molecule has 0 aliphatic carbocycles. The first-order valence-corrected chi connectivity index (χ1v) is 8.33. The molecule has 25 heavy (non-hydrogen) atoms. The Bertz CT molecular complexity index is 839. The maximum absolute atomic E-state index is 12.8. The zero-order valence-electron chi connectivity index (χ0n) is 14.5. The van der Waals surface area contributed by atoms with Gasteiger partial charge in [0.1, 0.15) is 5.75 Å². The van der Waals surface area contributed by atoms with Crippen molar-refractivity contribution < 1.29 is 14.3 Å². The molecule has 1 aliphatic heterocycles. The molecular formula is C21H21NO3. The molecule has 128 valence electrons. The maximum atomic E-state index is 12.8. The average Bonchev–Trinajstić information content (AvgIpc) is 2.67. The molecule has 0 atom stereocenters. The fourth-order valence-electron chi connectivity index (χ4n) is 3.09. The van der Waals surface area contributed by atoms with Crippen LogP contribution >= 0.6 is 0 Å². The van der Waals surface area contributed by atoms with Gasteiger partial charge in [0.25, 0.3) is 5.91 Å². The molecule has 0 saturated heterocycles. The van der Waals surface area contributed by atoms with E-state index < -0.39 is 0 Å². The largest absolute Gasteiger partial charge is 0.497 e. The quantitative estimate of drug-likeness (QED) is 0.798. The Balaban J connectivity index is 1.78. The van der Waals surface area contributed by atoms with Crippen LogP contribution in [-0.4, -0.2) is 36.8 Å². The lowest BCUT2D eigenvalue weighted by atomic mass is 9.98. The molecular weight excluding hydrogens is 314 g/mol. The minimum Gasteiger partial charge on any atom is -0.497 e. The molecule has 0 unspecified atom stereocenters. The topological polar surface area (TPSA) is 46.6 Å². The molecule has 0 bridgehead atoms. The van der Waals surface area contributed by atoms with E-state index in [0.717, 1.165) is 17.7 Å². The number of carbonyl (C=O) groups excluding carboxylic acids is 2. The zero-order valence-corrected chi connectivity index (χ0v) is 14.5. The third kappa shape index (κ3) is 3.63. The Hall–Kier alpha value is -2.88. The minimum absolute atomic E-state index is 0.0893. The van der Waals surface area contributed by atoms with Gasteiger partial charge in [-0.2, -0.15) is 0 Å². The molecule has 1 amide bonds. The predicted molar refractivity (Wildman–Crippen MR) is 97.9 cm³/mol. The molecule has 2 aromatic carbocycles. The highest BCUT2D eigenvalue weighted by atomic mass is 16.5. The molecule has 0 N–H and O–H groups in total. The van der Waals surface area contributed by atoms with Crippen LogP contribution in [0, 0.1) is 0 Å². The van der Waals surface area contributed by atoms with Gasteiger partial charge in [-0.15, -0.1) is 0 Å². The molecule has 0 saturated carbocycles. The van der Waals surface area contributed by atoms with Crippen LogP contribution in [0.4, 0.5) is 0 Å². The van der Waals surface area contributed by atoms with Gasteiger partial charge in [0.05, 0.1) is 12.7 Å². The number of hydrogen-bond acceptors (Lipinski definition) is 3. The summed E-state index contributed by atoms with van der Waals surface area (Å²) >= 11 is 0. The van der Waals surface area contributed by atoms with E-state index in [1.807, 2.05) is 18.2 Å². The molecule has 3 rings (SSSR count). The summed E-state index contributed by atoms with van der Waals surface area (Å²) in [7, 11) is 1.65. The van der Waals surface area contributed by atoms with Gasteiger partial charge in [-0.3, -0.25) is 9.59 Å². The number of benzene rings is 2. The summed E-state index contributed by atoms with van der Waals surface area (Å²) in [6.45, 7) is 2.66. The van der Waals surface area contributed by atoms with Gasteiger partial charge in [0.2, 0.25) is 0 Å². The van der Waals surface area contributed by atoms with E-state index >= 15 is 0 Å². The molecule has 4 nitrogen and oxygen atoms in total. The average molecular weight is 335 g/mol. The van der Waals surface area contributed by atoms with E-state index in [0.29, 0.717) is 24.2 Å². The molecule has 1 aliphatic rings. The van der Waals surface area contributed by atoms with Crippen molar-refractivity contribution >= 4 is 17.3 Å². The van der Waals surface area contributed by atoms with Crippen molar-refractivity contribution in [2.45, 2.75) is 13.3 Å². The Morgan fingerprint density at radius 2 is 1.80 bits per heavy atom. The molecule has 0 fully saturated rings. The molecule has 0 aromatic heterocycles. The number of carbonyl (C=O) groups is 2. The second kappa shape index (κ2) is 7.34. The number of ether oxygens (including phenoxy) is 1. The lowest BCUT2D eigenvalue weighted by Gasteiger charge is -2.27. The van der Waals surface area contributed by atoms with Crippen molar-refractivity contribution in [3.63, 3.8) is 0 Å². The van der Waals surface area contributed by atoms with E-state index in [1.165, 1.54) is 12.5 Å². The van der Waals surface area contributed by atoms with Gasteiger partial charge < -0.3 is 9.64 Å². The van der Waals surface area contributed by atoms with E-state index in [-0.39, 0.29) is 11.7 Å². The zero-order chi connectivity index (χ0) is 17.8. The number of nitrogens with zero attached hydrogens (tertiary/aromatic N) is 1. The third-order valence-electron chi connectivity index (χ3n) is 4.47. The molecule has 1 heterocycles. The van der Waals surface area contributed by atoms with Crippen molar-refractivity contribution in [3.05, 3.63) is 71.3 Å². The van der Waals surface area contributed by atoms with Crippen LogP contribution in [0.3, 0.4) is 0 Å². The number of Topliss-reactive ketones (excluding diaryl/α,β-unsaturated/α-hetero) is 1. The molecule has 4 heteroatoms. The number of rotatable bonds is 4. The SMILES string of the molecule is COc1cccc(C2=CCN(C(=O)c3ccccc3C(C)=O)CC2)c1. The summed E-state index contributed by atoms with van der Waals surface area (Å²) in [6.07, 6.45) is 2.85. The molecule has 2 aromatic rings. The smallest absolute Gasteiger partial charge is 0.254 e. The van der Waals surface area contributed by atoms with E-state index in [4.69, 9.17) is 4.74 Å². The second-order valence-corrected chi connectivity index (χ2v) is 6.06. The Labute approximate surface area is 147 Å². The Kier molecular flexibility index (Phi) is 4.98. The van der Waals surface area contributed by atoms with Crippen LogP contribution in [0.2, 0.25) is 0 Å². The summed E-state index contributed by atoms with van der Waals surface area (Å²) in [5.74, 6) is 0.646. The predicted octanol–water partition coefficient (Wildman–Crippen LogP) is 3.83. The number of ketones is 1. The lowest BCUT2D eigenvalue weighted by Crippen LogP contribution is -2.35. The maximum Gasteiger partial charge on any atom is 0.254 e. The van der Waals surface area contributed by atoms with Crippen LogP contribution in [0.25, 0.3) is 5.57 Å². The number of methoxy groups -OCH3 is 1. The molecule has 0 spiro atoms. The van der Waals surface area contributed by atoms with Gasteiger partial charge >= 0.3 is 0 Å². The fraction of sp³-hybridized carbons (Fsp3) is 0.238. The highest BCUT2D eigenvalue weighted by Crippen LogP contribution is 2.26. The van der Waals surface area contributed by atoms with Gasteiger partial charge in [0, 0.05) is 18.7 Å². The van der Waals surface area contributed by atoms with Crippen LogP contribution in [0.15, 0.2) is 54.6 Å². The van der Waals surface area contributed by atoms with Crippen molar-refractivity contribution in [1.82, 2.24) is 4.90 Å². The minimum atomic E-state index is -0.0910. The summed E-state index contributed by atoms with van der Waals surface area (Å²) in [5, 5.41) is 0. The van der Waals surface area contributed by atoms with Gasteiger partial charge in [0.15, 0.2) is 5.78 Å². The van der Waals surface area contributed by atoms with Crippen LogP contribution in [-0.2, 0) is 0 Å². The lowest BCUT2D eigenvalue weighted by molar-refractivity contribution is 0.0767. The van der Waals surface area contributed by atoms with E-state index in [9.17, 15) is 9.59 Å². The van der Waals surface area contributed by atoms with Crippen LogP contribution in [0.1, 0.15) is 39.6 Å². The molecule has 0 radical (unpaired) electrons. The highest BCUT2D eigenvalue weighted by Gasteiger charge is 2.22. The number of hydrogen-bond donors (Lipinski definition) is 0. The van der Waals surface area contributed by atoms with Crippen molar-refractivity contribution in [1.29, 1.82) is 0 Å². The first-order chi connectivity index (χ1) is 12.1. The summed E-state index contributed by atoms with van der Waals surface area (Å²) in [6, 6.07) is 14.9. The van der Waals surface area contributed by atoms with Crippen molar-refractivity contribution in [3.8, 4) is 5.75 Å². The van der Waals surface area contributed by atoms with Crippen molar-refractivity contribution in [2.24, 2.45) is 0 Å². The van der Waals surface area contributed by atoms with Crippen LogP contribution in [0.5, 0.6) is 5.75 Å². The standard InChI is InChI=1S/C21H21NO3/c1-15(23)19-8-3-4-9-20(19)21(24)22-12-10-16(11-13-22)17-6-5-7-18(14-17)25-2/h3-10,14H,11-13H2,1-2H3. The van der Waals surface area contributed by atoms with E-state index in [2.05, 4.69) is 12.1 Å². The summed E-state index contributed by atoms with van der Waals surface area (Å²) in [5.41, 5.74) is 3.29. The summed E-state index contributed by atoms with van der Waals surface area (Å²) < 4.78 is 5.27. The first-order valence-electron chi connectivity index (χ1n) is 8.33. The van der Waals surface area contributed by atoms with Gasteiger partial charge in [-0.05, 0) is 42.7 Å². The highest BCUT2D eigenvalue weighted by molar-refractivity contribution is 6.07. The van der Waals surface area contributed by atoms with Gasteiger partial charge in [-0.25, -0.2) is 0 Å². The Morgan fingerprint density at radius 3 is 2.44 bits per heavy atom. The first kappa shape index (κ1) is 17.0. The van der Waals surface area contributed by atoms with Crippen molar-refractivity contribution in [2.75, 3.05) is 20.2 Å². The summed E-state index contributed by atoms with van der Waals surface area (Å²) in [4.78, 5) is 26.3. The Morgan fingerprint density at radius 1 is 1.04 bits per heavy atom. The fourth-order valence-corrected chi connectivity index (χ4v) is 3.09. The van der Waals surface area contributed by atoms with E-state index in [1.54, 1.807) is 36.3 Å². The monoisotopic (exact) mass is 335 g/mol. The number of amides is 1. The normalized spacial score (nSPS) is 14.0. The van der Waals surface area contributed by atoms with Crippen LogP contribution < -0.4 is 4.74 Å². The second-order valence-electron chi connectivity index (χ2n) is 6.06.